The Bertz CT molecular complexity index is 572. The van der Waals surface area contributed by atoms with Gasteiger partial charge in [-0.25, -0.2) is 4.98 Å². The van der Waals surface area contributed by atoms with E-state index in [0.29, 0.717) is 6.04 Å². The Hall–Kier alpha value is -1.07. The second kappa shape index (κ2) is 5.78. The van der Waals surface area contributed by atoms with Crippen molar-refractivity contribution in [1.82, 2.24) is 4.98 Å². The van der Waals surface area contributed by atoms with E-state index in [4.69, 9.17) is 14.3 Å². The molecule has 23 heavy (non-hydrogen) atoms. The number of aromatic nitrogens is 1. The molecule has 0 radical (unpaired) electrons. The molecule has 2 saturated heterocycles. The van der Waals surface area contributed by atoms with Crippen molar-refractivity contribution in [3.8, 4) is 0 Å². The first-order valence-electron chi connectivity index (χ1n) is 8.80. The Kier molecular flexibility index (Phi) is 4.22. The number of anilines is 1. The van der Waals surface area contributed by atoms with E-state index in [2.05, 4.69) is 52.5 Å². The zero-order valence-corrected chi connectivity index (χ0v) is 15.3. The number of pyridine rings is 1. The number of rotatable bonds is 2. The standard InChI is InChI=1S/C18H29BN2O2/c1-13-11-15(19-22-17(3,4)18(5,6)23-19)12-20-16(13)21-10-8-7-9-14(21)2/h11-12,14H,7-10H2,1-6H3/t14-/m0/s1. The van der Waals surface area contributed by atoms with Crippen LogP contribution in [0.15, 0.2) is 12.3 Å². The summed E-state index contributed by atoms with van der Waals surface area (Å²) in [5, 5.41) is 0. The van der Waals surface area contributed by atoms with Crippen LogP contribution < -0.4 is 10.4 Å². The van der Waals surface area contributed by atoms with Crippen molar-refractivity contribution >= 4 is 18.4 Å². The second-order valence-electron chi connectivity index (χ2n) is 8.04. The minimum Gasteiger partial charge on any atom is -0.399 e. The molecule has 0 aromatic carbocycles. The molecule has 3 heterocycles. The molecule has 1 aromatic rings. The second-order valence-corrected chi connectivity index (χ2v) is 8.04. The van der Waals surface area contributed by atoms with Gasteiger partial charge in [-0.3, -0.25) is 0 Å². The maximum absolute atomic E-state index is 6.14. The van der Waals surface area contributed by atoms with Gasteiger partial charge < -0.3 is 14.2 Å². The van der Waals surface area contributed by atoms with Crippen LogP contribution in [-0.4, -0.2) is 35.9 Å². The van der Waals surface area contributed by atoms with Crippen molar-refractivity contribution in [2.45, 2.75) is 78.0 Å². The van der Waals surface area contributed by atoms with E-state index in [9.17, 15) is 0 Å². The lowest BCUT2D eigenvalue weighted by Gasteiger charge is -2.35. The molecule has 5 heteroatoms. The van der Waals surface area contributed by atoms with Gasteiger partial charge in [-0.05, 0) is 66.4 Å². The number of hydrogen-bond acceptors (Lipinski definition) is 4. The Morgan fingerprint density at radius 1 is 1.17 bits per heavy atom. The quantitative estimate of drug-likeness (QED) is 0.786. The lowest BCUT2D eigenvalue weighted by atomic mass is 9.79. The van der Waals surface area contributed by atoms with Gasteiger partial charge in [-0.15, -0.1) is 0 Å². The first-order valence-corrected chi connectivity index (χ1v) is 8.80. The van der Waals surface area contributed by atoms with E-state index >= 15 is 0 Å². The number of piperidine rings is 1. The number of nitrogens with zero attached hydrogens (tertiary/aromatic N) is 2. The van der Waals surface area contributed by atoms with Gasteiger partial charge in [0.15, 0.2) is 0 Å². The van der Waals surface area contributed by atoms with Gasteiger partial charge in [0, 0.05) is 24.2 Å². The van der Waals surface area contributed by atoms with Crippen LogP contribution in [0.1, 0.15) is 59.4 Å². The average Bonchev–Trinajstić information content (AvgIpc) is 2.68. The van der Waals surface area contributed by atoms with Crippen LogP contribution in [0.3, 0.4) is 0 Å². The van der Waals surface area contributed by atoms with Crippen LogP contribution in [-0.2, 0) is 9.31 Å². The summed E-state index contributed by atoms with van der Waals surface area (Å²) < 4.78 is 12.3. The van der Waals surface area contributed by atoms with Crippen molar-refractivity contribution in [2.24, 2.45) is 0 Å². The van der Waals surface area contributed by atoms with Crippen LogP contribution in [0.4, 0.5) is 5.82 Å². The smallest absolute Gasteiger partial charge is 0.399 e. The molecule has 2 fully saturated rings. The van der Waals surface area contributed by atoms with Gasteiger partial charge >= 0.3 is 7.12 Å². The maximum atomic E-state index is 6.14. The minimum absolute atomic E-state index is 0.314. The summed E-state index contributed by atoms with van der Waals surface area (Å²) in [5.41, 5.74) is 1.58. The summed E-state index contributed by atoms with van der Waals surface area (Å²) in [7, 11) is -0.334. The summed E-state index contributed by atoms with van der Waals surface area (Å²) in [6.45, 7) is 13.9. The highest BCUT2D eigenvalue weighted by molar-refractivity contribution is 6.62. The Balaban J connectivity index is 1.83. The predicted molar refractivity (Wildman–Crippen MR) is 95.3 cm³/mol. The number of hydrogen-bond donors (Lipinski definition) is 0. The lowest BCUT2D eigenvalue weighted by molar-refractivity contribution is 0.00578. The van der Waals surface area contributed by atoms with Gasteiger partial charge in [0.05, 0.1) is 11.2 Å². The molecule has 2 aliphatic rings. The summed E-state index contributed by atoms with van der Waals surface area (Å²) in [4.78, 5) is 7.20. The topological polar surface area (TPSA) is 34.6 Å². The third-order valence-corrected chi connectivity index (χ3v) is 5.67. The highest BCUT2D eigenvalue weighted by atomic mass is 16.7. The fraction of sp³-hybridized carbons (Fsp3) is 0.722. The Labute approximate surface area is 140 Å². The van der Waals surface area contributed by atoms with Gasteiger partial charge in [-0.1, -0.05) is 6.07 Å². The predicted octanol–water partition coefficient (Wildman–Crippen LogP) is 3.07. The third-order valence-electron chi connectivity index (χ3n) is 5.67. The van der Waals surface area contributed by atoms with Crippen LogP contribution in [0, 0.1) is 6.92 Å². The fourth-order valence-corrected chi connectivity index (χ4v) is 3.41. The van der Waals surface area contributed by atoms with E-state index in [1.54, 1.807) is 0 Å². The molecule has 3 rings (SSSR count). The molecule has 4 nitrogen and oxygen atoms in total. The normalized spacial score (nSPS) is 26.6. The van der Waals surface area contributed by atoms with Crippen molar-refractivity contribution < 1.29 is 9.31 Å². The summed E-state index contributed by atoms with van der Waals surface area (Å²) in [6.07, 6.45) is 5.75. The molecule has 0 saturated carbocycles. The molecule has 1 aromatic heterocycles. The molecule has 0 amide bonds. The summed E-state index contributed by atoms with van der Waals surface area (Å²) in [5.74, 6) is 1.11. The van der Waals surface area contributed by atoms with E-state index in [1.807, 2.05) is 6.20 Å². The zero-order valence-electron chi connectivity index (χ0n) is 15.3. The van der Waals surface area contributed by atoms with Gasteiger partial charge in [-0.2, -0.15) is 0 Å². The molecule has 0 unspecified atom stereocenters. The molecule has 0 bridgehead atoms. The SMILES string of the molecule is Cc1cc(B2OC(C)(C)C(C)(C)O2)cnc1N1CCCC[C@@H]1C. The first kappa shape index (κ1) is 16.8. The van der Waals surface area contributed by atoms with Crippen molar-refractivity contribution in [3.63, 3.8) is 0 Å². The molecule has 0 spiro atoms. The van der Waals surface area contributed by atoms with E-state index in [1.165, 1.54) is 24.8 Å². The molecule has 0 aliphatic carbocycles. The van der Waals surface area contributed by atoms with Crippen LogP contribution in [0.5, 0.6) is 0 Å². The summed E-state index contributed by atoms with van der Waals surface area (Å²) in [6, 6.07) is 2.74. The van der Waals surface area contributed by atoms with Crippen molar-refractivity contribution in [3.05, 3.63) is 17.8 Å². The molecule has 2 aliphatic heterocycles. The monoisotopic (exact) mass is 316 g/mol. The maximum Gasteiger partial charge on any atom is 0.496 e. The van der Waals surface area contributed by atoms with Gasteiger partial charge in [0.2, 0.25) is 0 Å². The molecular formula is C18H29BN2O2. The highest BCUT2D eigenvalue weighted by Crippen LogP contribution is 2.36. The largest absolute Gasteiger partial charge is 0.496 e. The van der Waals surface area contributed by atoms with Crippen LogP contribution in [0.25, 0.3) is 0 Å². The van der Waals surface area contributed by atoms with E-state index in [-0.39, 0.29) is 18.3 Å². The molecule has 1 atom stereocenters. The van der Waals surface area contributed by atoms with Crippen LogP contribution in [0.2, 0.25) is 0 Å². The fourth-order valence-electron chi connectivity index (χ4n) is 3.41. The van der Waals surface area contributed by atoms with Crippen LogP contribution >= 0.6 is 0 Å². The van der Waals surface area contributed by atoms with Crippen molar-refractivity contribution in [2.75, 3.05) is 11.4 Å². The molecule has 0 N–H and O–H groups in total. The van der Waals surface area contributed by atoms with E-state index in [0.717, 1.165) is 17.8 Å². The third kappa shape index (κ3) is 3.01. The van der Waals surface area contributed by atoms with E-state index < -0.39 is 0 Å². The molecular weight excluding hydrogens is 287 g/mol. The van der Waals surface area contributed by atoms with Crippen molar-refractivity contribution in [1.29, 1.82) is 0 Å². The Morgan fingerprint density at radius 2 is 1.83 bits per heavy atom. The summed E-state index contributed by atoms with van der Waals surface area (Å²) >= 11 is 0. The lowest BCUT2D eigenvalue weighted by Crippen LogP contribution is -2.41. The Morgan fingerprint density at radius 3 is 2.39 bits per heavy atom. The van der Waals surface area contributed by atoms with Gasteiger partial charge in [0.25, 0.3) is 0 Å². The average molecular weight is 316 g/mol. The van der Waals surface area contributed by atoms with Gasteiger partial charge in [0.1, 0.15) is 5.82 Å². The first-order chi connectivity index (χ1) is 10.7. The molecule has 126 valence electrons. The minimum atomic E-state index is -0.334. The number of aryl methyl sites for hydroxylation is 1. The zero-order chi connectivity index (χ0) is 16.8. The highest BCUT2D eigenvalue weighted by Gasteiger charge is 2.51.